The van der Waals surface area contributed by atoms with Crippen molar-refractivity contribution in [2.24, 2.45) is 10.9 Å². The lowest BCUT2D eigenvalue weighted by atomic mass is 9.81. The van der Waals surface area contributed by atoms with Crippen LogP contribution in [0.15, 0.2) is 58.3 Å². The maximum Gasteiger partial charge on any atom is 0.288 e. The van der Waals surface area contributed by atoms with Gasteiger partial charge in [0, 0.05) is 29.3 Å². The summed E-state index contributed by atoms with van der Waals surface area (Å²) in [5, 5.41) is 3.26. The highest BCUT2D eigenvalue weighted by Gasteiger charge is 2.52. The van der Waals surface area contributed by atoms with Crippen molar-refractivity contribution in [1.82, 2.24) is 15.3 Å². The fraction of sp³-hybridized carbons (Fsp3) is 0.357. The first-order valence-electron chi connectivity index (χ1n) is 12.7. The number of anilines is 1. The second kappa shape index (κ2) is 10.9. The topological polar surface area (TPSA) is 99.7 Å². The smallest absolute Gasteiger partial charge is 0.288 e. The number of aromatic amines is 1. The average Bonchev–Trinajstić information content (AvgIpc) is 3.31. The number of amides is 1. The number of halogens is 2. The summed E-state index contributed by atoms with van der Waals surface area (Å²) < 4.78 is 35.4. The molecule has 39 heavy (non-hydrogen) atoms. The van der Waals surface area contributed by atoms with Gasteiger partial charge >= 0.3 is 0 Å². The maximum absolute atomic E-state index is 15.6. The molecule has 204 valence electrons. The van der Waals surface area contributed by atoms with Crippen LogP contribution in [0.3, 0.4) is 0 Å². The number of nitrogens with one attached hydrogen (secondary N) is 2. The van der Waals surface area contributed by atoms with E-state index in [2.05, 4.69) is 15.3 Å². The van der Waals surface area contributed by atoms with E-state index < -0.39 is 22.7 Å². The molecule has 0 bridgehead atoms. The van der Waals surface area contributed by atoms with Crippen LogP contribution in [0.25, 0.3) is 0 Å². The van der Waals surface area contributed by atoms with Gasteiger partial charge in [0.1, 0.15) is 11.4 Å². The van der Waals surface area contributed by atoms with Gasteiger partial charge in [-0.2, -0.15) is 4.39 Å². The molecular weight excluding hydrogens is 524 g/mol. The third-order valence-electron chi connectivity index (χ3n) is 6.92. The number of thioether (sulfide) groups is 1. The first-order chi connectivity index (χ1) is 18.7. The second-order valence-electron chi connectivity index (χ2n) is 10.0. The van der Waals surface area contributed by atoms with Crippen LogP contribution >= 0.6 is 11.8 Å². The van der Waals surface area contributed by atoms with E-state index in [1.54, 1.807) is 41.3 Å². The summed E-state index contributed by atoms with van der Waals surface area (Å²) in [6.45, 7) is 6.15. The molecule has 0 spiro atoms. The molecule has 0 aliphatic carbocycles. The normalized spacial score (nSPS) is 20.6. The van der Waals surface area contributed by atoms with E-state index in [4.69, 9.17) is 9.73 Å². The van der Waals surface area contributed by atoms with Crippen molar-refractivity contribution in [3.8, 4) is 0 Å². The van der Waals surface area contributed by atoms with Crippen LogP contribution in [0.4, 0.5) is 14.7 Å². The van der Waals surface area contributed by atoms with Crippen molar-refractivity contribution in [2.45, 2.75) is 39.0 Å². The standard InChI is InChI=1S/C28H29F2N5O3S/c1-16(2)38-13-18-9-10-22(29)21(11-18)28-15-35(26-31-17(3)23(30)25(37)32-26)12-20(28)14-39-27(34-28)33-24(36)19-7-5-4-6-8-19/h4-11,16,20H,12-15H2,1-3H3,(H,31,32,37)(H,33,34,36). The third kappa shape index (κ3) is 5.46. The molecule has 0 radical (unpaired) electrons. The van der Waals surface area contributed by atoms with Crippen LogP contribution in [0.2, 0.25) is 0 Å². The Bertz CT molecular complexity index is 1480. The van der Waals surface area contributed by atoms with E-state index in [0.29, 0.717) is 35.2 Å². The van der Waals surface area contributed by atoms with Gasteiger partial charge in [-0.3, -0.25) is 14.6 Å². The molecule has 5 rings (SSSR count). The van der Waals surface area contributed by atoms with Crippen molar-refractivity contribution in [1.29, 1.82) is 0 Å². The SMILES string of the molecule is Cc1nc(N2CC3CSC(NC(=O)c4ccccc4)=NC3(c3cc(COC(C)C)ccc3F)C2)[nH]c(=O)c1F. The fourth-order valence-corrected chi connectivity index (χ4v) is 6.06. The number of carbonyl (C=O) groups is 1. The molecule has 2 aliphatic heterocycles. The number of H-pyrrole nitrogens is 1. The number of benzene rings is 2. The predicted molar refractivity (Wildman–Crippen MR) is 147 cm³/mol. The van der Waals surface area contributed by atoms with E-state index in [0.717, 1.165) is 5.56 Å². The zero-order chi connectivity index (χ0) is 27.7. The minimum Gasteiger partial charge on any atom is -0.374 e. The number of hydrogen-bond donors (Lipinski definition) is 2. The number of carbonyl (C=O) groups excluding carboxylic acids is 1. The summed E-state index contributed by atoms with van der Waals surface area (Å²) in [5.74, 6) is -1.15. The number of hydrogen-bond acceptors (Lipinski definition) is 7. The number of aryl methyl sites for hydroxylation is 1. The first-order valence-corrected chi connectivity index (χ1v) is 13.7. The molecule has 1 amide bonds. The molecule has 2 aromatic carbocycles. The molecule has 1 fully saturated rings. The van der Waals surface area contributed by atoms with Gasteiger partial charge < -0.3 is 15.0 Å². The molecule has 3 aromatic rings. The van der Waals surface area contributed by atoms with Crippen molar-refractivity contribution in [2.75, 3.05) is 23.7 Å². The monoisotopic (exact) mass is 553 g/mol. The Hall–Kier alpha value is -3.57. The molecular formula is C28H29F2N5O3S. The highest BCUT2D eigenvalue weighted by atomic mass is 32.2. The fourth-order valence-electron chi connectivity index (χ4n) is 4.92. The van der Waals surface area contributed by atoms with E-state index in [9.17, 15) is 14.0 Å². The number of aromatic nitrogens is 2. The number of amidine groups is 1. The van der Waals surface area contributed by atoms with Gasteiger partial charge in [0.15, 0.2) is 5.17 Å². The van der Waals surface area contributed by atoms with Crippen LogP contribution in [-0.2, 0) is 16.9 Å². The van der Waals surface area contributed by atoms with Crippen LogP contribution in [-0.4, -0.2) is 46.0 Å². The van der Waals surface area contributed by atoms with E-state index >= 15 is 4.39 Å². The molecule has 2 unspecified atom stereocenters. The largest absolute Gasteiger partial charge is 0.374 e. The summed E-state index contributed by atoms with van der Waals surface area (Å²) in [6.07, 6.45) is -0.0000887. The molecule has 1 aromatic heterocycles. The van der Waals surface area contributed by atoms with Gasteiger partial charge in [0.2, 0.25) is 11.8 Å². The van der Waals surface area contributed by atoms with Crippen molar-refractivity contribution >= 4 is 28.8 Å². The Kier molecular flexibility index (Phi) is 7.55. The molecule has 0 saturated carbocycles. The van der Waals surface area contributed by atoms with Gasteiger partial charge in [0.05, 0.1) is 24.9 Å². The summed E-state index contributed by atoms with van der Waals surface area (Å²) in [7, 11) is 0. The zero-order valence-corrected chi connectivity index (χ0v) is 22.6. The van der Waals surface area contributed by atoms with Crippen LogP contribution < -0.4 is 15.8 Å². The molecule has 3 heterocycles. The Morgan fingerprint density at radius 2 is 2.03 bits per heavy atom. The number of ether oxygens (including phenoxy) is 1. The minimum atomic E-state index is -1.09. The summed E-state index contributed by atoms with van der Waals surface area (Å²) in [6, 6.07) is 13.6. The van der Waals surface area contributed by atoms with E-state index in [1.165, 1.54) is 24.8 Å². The Morgan fingerprint density at radius 3 is 2.74 bits per heavy atom. The first kappa shape index (κ1) is 27.0. The second-order valence-corrected chi connectivity index (χ2v) is 11.0. The molecule has 2 atom stereocenters. The maximum atomic E-state index is 15.6. The van der Waals surface area contributed by atoms with Crippen molar-refractivity contribution in [3.05, 3.63) is 92.9 Å². The number of aliphatic imine (C=N–C) groups is 1. The van der Waals surface area contributed by atoms with Gasteiger partial charge in [0.25, 0.3) is 11.5 Å². The molecule has 8 nitrogen and oxygen atoms in total. The van der Waals surface area contributed by atoms with Crippen LogP contribution in [0.5, 0.6) is 0 Å². The van der Waals surface area contributed by atoms with Gasteiger partial charge in [-0.25, -0.2) is 14.4 Å². The number of nitrogens with zero attached hydrogens (tertiary/aromatic N) is 3. The van der Waals surface area contributed by atoms with Gasteiger partial charge in [-0.05, 0) is 50.6 Å². The van der Waals surface area contributed by atoms with Crippen molar-refractivity contribution < 1.29 is 18.3 Å². The van der Waals surface area contributed by atoms with E-state index in [-0.39, 0.29) is 36.1 Å². The highest BCUT2D eigenvalue weighted by molar-refractivity contribution is 8.13. The van der Waals surface area contributed by atoms with Gasteiger partial charge in [-0.15, -0.1) is 0 Å². The third-order valence-corrected chi connectivity index (χ3v) is 7.96. The van der Waals surface area contributed by atoms with Gasteiger partial charge in [-0.1, -0.05) is 36.0 Å². The Balaban J connectivity index is 1.57. The number of fused-ring (bicyclic) bond motifs is 1. The lowest BCUT2D eigenvalue weighted by Gasteiger charge is -2.36. The van der Waals surface area contributed by atoms with Crippen LogP contribution in [0, 0.1) is 24.5 Å². The van der Waals surface area contributed by atoms with E-state index in [1.807, 2.05) is 19.9 Å². The average molecular weight is 554 g/mol. The summed E-state index contributed by atoms with van der Waals surface area (Å²) in [5.41, 5.74) is -0.345. The predicted octanol–water partition coefficient (Wildman–Crippen LogP) is 4.15. The minimum absolute atomic E-state index is 0.0000887. The zero-order valence-electron chi connectivity index (χ0n) is 21.8. The summed E-state index contributed by atoms with van der Waals surface area (Å²) >= 11 is 1.38. The lowest BCUT2D eigenvalue weighted by Crippen LogP contribution is -2.43. The highest BCUT2D eigenvalue weighted by Crippen LogP contribution is 2.47. The molecule has 11 heteroatoms. The molecule has 1 saturated heterocycles. The number of rotatable bonds is 6. The molecule has 2 aliphatic rings. The summed E-state index contributed by atoms with van der Waals surface area (Å²) in [4.78, 5) is 38.6. The van der Waals surface area contributed by atoms with Crippen LogP contribution in [0.1, 0.15) is 41.0 Å². The lowest BCUT2D eigenvalue weighted by molar-refractivity contribution is 0.0655. The Morgan fingerprint density at radius 1 is 1.26 bits per heavy atom. The molecule has 2 N–H and O–H groups in total. The quantitative estimate of drug-likeness (QED) is 0.476. The van der Waals surface area contributed by atoms with Crippen molar-refractivity contribution in [3.63, 3.8) is 0 Å². The Labute approximate surface area is 228 Å².